The van der Waals surface area contributed by atoms with Gasteiger partial charge in [-0.3, -0.25) is 9.59 Å². The summed E-state index contributed by atoms with van der Waals surface area (Å²) in [6.45, 7) is 7.88. The minimum Gasteiger partial charge on any atom is -0.347 e. The van der Waals surface area contributed by atoms with Crippen LogP contribution in [0.25, 0.3) is 0 Å². The van der Waals surface area contributed by atoms with Crippen molar-refractivity contribution >= 4 is 29.3 Å². The van der Waals surface area contributed by atoms with Gasteiger partial charge >= 0.3 is 0 Å². The fourth-order valence-corrected chi connectivity index (χ4v) is 2.75. The van der Waals surface area contributed by atoms with Gasteiger partial charge in [0.15, 0.2) is 0 Å². The average Bonchev–Trinajstić information content (AvgIpc) is 2.39. The second kappa shape index (κ2) is 5.48. The molecule has 2 N–H and O–H groups in total. The van der Waals surface area contributed by atoms with Crippen LogP contribution in [0.4, 0.5) is 5.69 Å². The molecule has 5 heteroatoms. The molecule has 1 aliphatic rings. The first-order chi connectivity index (χ1) is 9.32. The Morgan fingerprint density at radius 1 is 1.45 bits per heavy atom. The molecular formula is C15H20N2O2S. The fraction of sp³-hybridized carbons (Fsp3) is 0.467. The second-order valence-electron chi connectivity index (χ2n) is 5.65. The van der Waals surface area contributed by atoms with E-state index in [0.29, 0.717) is 5.56 Å². The molecule has 1 heterocycles. The van der Waals surface area contributed by atoms with E-state index in [-0.39, 0.29) is 22.6 Å². The summed E-state index contributed by atoms with van der Waals surface area (Å²) in [5.41, 5.74) is 1.06. The van der Waals surface area contributed by atoms with Crippen molar-refractivity contribution in [1.29, 1.82) is 0 Å². The van der Waals surface area contributed by atoms with Crippen molar-refractivity contribution in [3.63, 3.8) is 0 Å². The summed E-state index contributed by atoms with van der Waals surface area (Å²) >= 11 is 1.51. The van der Waals surface area contributed by atoms with E-state index < -0.39 is 0 Å². The van der Waals surface area contributed by atoms with Crippen LogP contribution in [0.2, 0.25) is 0 Å². The standard InChI is InChI=1S/C15H20N2O2S/c1-5-15(3,4)17-14(19)10-6-7-12-11(8-10)16-13(18)9(2)20-12/h6-9H,5H2,1-4H3,(H,16,18)(H,17,19)/t9-/m1/s1. The molecule has 4 nitrogen and oxygen atoms in total. The highest BCUT2D eigenvalue weighted by Crippen LogP contribution is 2.35. The van der Waals surface area contributed by atoms with Crippen molar-refractivity contribution in [3.8, 4) is 0 Å². The molecule has 0 aliphatic carbocycles. The smallest absolute Gasteiger partial charge is 0.251 e. The van der Waals surface area contributed by atoms with Crippen molar-refractivity contribution in [2.45, 2.75) is 49.8 Å². The zero-order valence-corrected chi connectivity index (χ0v) is 13.1. The summed E-state index contributed by atoms with van der Waals surface area (Å²) in [7, 11) is 0. The lowest BCUT2D eigenvalue weighted by atomic mass is 10.0. The quantitative estimate of drug-likeness (QED) is 0.900. The predicted octanol–water partition coefficient (Wildman–Crippen LogP) is 3.04. The molecule has 0 bridgehead atoms. The molecule has 0 fully saturated rings. The van der Waals surface area contributed by atoms with E-state index in [1.54, 1.807) is 12.1 Å². The average molecular weight is 292 g/mol. The number of thioether (sulfide) groups is 1. The van der Waals surface area contributed by atoms with Gasteiger partial charge in [0, 0.05) is 16.0 Å². The van der Waals surface area contributed by atoms with Crippen LogP contribution in [0, 0.1) is 0 Å². The zero-order chi connectivity index (χ0) is 14.9. The van der Waals surface area contributed by atoms with Crippen molar-refractivity contribution in [2.75, 3.05) is 5.32 Å². The van der Waals surface area contributed by atoms with Crippen LogP contribution in [-0.2, 0) is 4.79 Å². The highest BCUT2D eigenvalue weighted by molar-refractivity contribution is 8.00. The van der Waals surface area contributed by atoms with Gasteiger partial charge in [0.25, 0.3) is 5.91 Å². The lowest BCUT2D eigenvalue weighted by Gasteiger charge is -2.25. The van der Waals surface area contributed by atoms with E-state index in [4.69, 9.17) is 0 Å². The molecule has 2 rings (SSSR count). The maximum Gasteiger partial charge on any atom is 0.251 e. The second-order valence-corrected chi connectivity index (χ2v) is 7.03. The van der Waals surface area contributed by atoms with Crippen molar-refractivity contribution in [1.82, 2.24) is 5.32 Å². The summed E-state index contributed by atoms with van der Waals surface area (Å²) in [5.74, 6) is -0.133. The van der Waals surface area contributed by atoms with Crippen LogP contribution in [-0.4, -0.2) is 22.6 Å². The lowest BCUT2D eigenvalue weighted by Crippen LogP contribution is -2.42. The first-order valence-electron chi connectivity index (χ1n) is 6.76. The van der Waals surface area contributed by atoms with Crippen LogP contribution >= 0.6 is 11.8 Å². The molecule has 1 aliphatic heterocycles. The lowest BCUT2D eigenvalue weighted by molar-refractivity contribution is -0.115. The Morgan fingerprint density at radius 2 is 2.15 bits per heavy atom. The molecule has 1 aromatic carbocycles. The summed E-state index contributed by atoms with van der Waals surface area (Å²) in [6, 6.07) is 5.44. The Balaban J connectivity index is 2.21. The topological polar surface area (TPSA) is 58.2 Å². The van der Waals surface area contributed by atoms with E-state index in [0.717, 1.165) is 17.0 Å². The van der Waals surface area contributed by atoms with Gasteiger partial charge in [-0.2, -0.15) is 0 Å². The van der Waals surface area contributed by atoms with Gasteiger partial charge in [0.2, 0.25) is 5.91 Å². The van der Waals surface area contributed by atoms with Crippen LogP contribution < -0.4 is 10.6 Å². The summed E-state index contributed by atoms with van der Waals surface area (Å²) in [4.78, 5) is 24.9. The number of nitrogens with one attached hydrogen (secondary N) is 2. The number of carbonyl (C=O) groups is 2. The number of rotatable bonds is 3. The fourth-order valence-electron chi connectivity index (χ4n) is 1.82. The molecule has 1 atom stereocenters. The Hall–Kier alpha value is -1.49. The monoisotopic (exact) mass is 292 g/mol. The van der Waals surface area contributed by atoms with Crippen LogP contribution in [0.1, 0.15) is 44.5 Å². The number of fused-ring (bicyclic) bond motifs is 1. The molecule has 1 aromatic rings. The highest BCUT2D eigenvalue weighted by atomic mass is 32.2. The van der Waals surface area contributed by atoms with E-state index in [1.165, 1.54) is 11.8 Å². The van der Waals surface area contributed by atoms with Gasteiger partial charge < -0.3 is 10.6 Å². The van der Waals surface area contributed by atoms with E-state index in [1.807, 2.05) is 33.8 Å². The Bertz CT molecular complexity index is 555. The minimum atomic E-state index is -0.237. The zero-order valence-electron chi connectivity index (χ0n) is 12.2. The largest absolute Gasteiger partial charge is 0.347 e. The summed E-state index contributed by atoms with van der Waals surface area (Å²) < 4.78 is 0. The number of hydrogen-bond donors (Lipinski definition) is 2. The van der Waals surface area contributed by atoms with Gasteiger partial charge in [0.05, 0.1) is 10.9 Å². The molecule has 0 aromatic heterocycles. The van der Waals surface area contributed by atoms with Gasteiger partial charge in [-0.1, -0.05) is 6.92 Å². The van der Waals surface area contributed by atoms with Gasteiger partial charge in [-0.05, 0) is 45.4 Å². The molecule has 0 saturated heterocycles. The Kier molecular flexibility index (Phi) is 4.09. The number of hydrogen-bond acceptors (Lipinski definition) is 3. The first-order valence-corrected chi connectivity index (χ1v) is 7.64. The third-order valence-corrected chi connectivity index (χ3v) is 4.69. The number of benzene rings is 1. The number of anilines is 1. The molecule has 0 spiro atoms. The molecule has 0 unspecified atom stereocenters. The van der Waals surface area contributed by atoms with E-state index >= 15 is 0 Å². The van der Waals surface area contributed by atoms with Crippen molar-refractivity contribution < 1.29 is 9.59 Å². The molecule has 0 saturated carbocycles. The van der Waals surface area contributed by atoms with Crippen molar-refractivity contribution in [2.24, 2.45) is 0 Å². The van der Waals surface area contributed by atoms with Crippen LogP contribution in [0.15, 0.2) is 23.1 Å². The van der Waals surface area contributed by atoms with Crippen molar-refractivity contribution in [3.05, 3.63) is 23.8 Å². The number of carbonyl (C=O) groups excluding carboxylic acids is 2. The predicted molar refractivity (Wildman–Crippen MR) is 82.2 cm³/mol. The van der Waals surface area contributed by atoms with Crippen LogP contribution in [0.3, 0.4) is 0 Å². The maximum absolute atomic E-state index is 12.2. The third kappa shape index (κ3) is 3.15. The normalized spacial score (nSPS) is 18.2. The minimum absolute atomic E-state index is 0.0195. The molecule has 108 valence electrons. The Morgan fingerprint density at radius 3 is 2.80 bits per heavy atom. The molecule has 2 amide bonds. The SMILES string of the molecule is CCC(C)(C)NC(=O)c1ccc2c(c1)NC(=O)[C@@H](C)S2. The van der Waals surface area contributed by atoms with E-state index in [2.05, 4.69) is 10.6 Å². The molecular weight excluding hydrogens is 272 g/mol. The van der Waals surface area contributed by atoms with Gasteiger partial charge in [0.1, 0.15) is 0 Å². The molecule has 20 heavy (non-hydrogen) atoms. The maximum atomic E-state index is 12.2. The number of amides is 2. The highest BCUT2D eigenvalue weighted by Gasteiger charge is 2.25. The van der Waals surface area contributed by atoms with E-state index in [9.17, 15) is 9.59 Å². The first kappa shape index (κ1) is 14.9. The summed E-state index contributed by atoms with van der Waals surface area (Å²) in [6.07, 6.45) is 0.855. The third-order valence-electron chi connectivity index (χ3n) is 3.51. The Labute approximate surface area is 123 Å². The summed E-state index contributed by atoms with van der Waals surface area (Å²) in [5, 5.41) is 5.74. The molecule has 0 radical (unpaired) electrons. The van der Waals surface area contributed by atoms with Gasteiger partial charge in [-0.25, -0.2) is 0 Å². The van der Waals surface area contributed by atoms with Crippen LogP contribution in [0.5, 0.6) is 0 Å². The van der Waals surface area contributed by atoms with Gasteiger partial charge in [-0.15, -0.1) is 11.8 Å².